The Morgan fingerprint density at radius 1 is 0.878 bits per heavy atom. The fourth-order valence-electron chi connectivity index (χ4n) is 4.00. The van der Waals surface area contributed by atoms with Crippen LogP contribution >= 0.6 is 15.9 Å². The molecule has 0 saturated heterocycles. The first kappa shape index (κ1) is 29.2. The average Bonchev–Trinajstić information content (AvgIpc) is 2.97. The number of anilines is 3. The molecule has 0 aromatic heterocycles. The summed E-state index contributed by atoms with van der Waals surface area (Å²) in [5.41, 5.74) is 8.12. The van der Waals surface area contributed by atoms with Crippen LogP contribution in [0.5, 0.6) is 11.5 Å². The SMILES string of the molecule is Nc1ccccc1NC(=O)/C=C/CC[C@@H](Oc1ccccc1)[C@H](OC(=O)Nc1ccc(Br)cc1)c1ccc(O)cc1. The van der Waals surface area contributed by atoms with Gasteiger partial charge in [-0.15, -0.1) is 0 Å². The normalized spacial score (nSPS) is 12.3. The van der Waals surface area contributed by atoms with E-state index in [1.807, 2.05) is 42.5 Å². The summed E-state index contributed by atoms with van der Waals surface area (Å²) in [6.07, 6.45) is 1.88. The number of amides is 2. The van der Waals surface area contributed by atoms with Crippen LogP contribution in [-0.2, 0) is 9.53 Å². The predicted octanol–water partition coefficient (Wildman–Crippen LogP) is 7.45. The van der Waals surface area contributed by atoms with E-state index in [4.69, 9.17) is 15.2 Å². The number of carbonyl (C=O) groups is 2. The van der Waals surface area contributed by atoms with E-state index in [0.29, 0.717) is 41.2 Å². The van der Waals surface area contributed by atoms with Crippen molar-refractivity contribution in [3.05, 3.63) is 125 Å². The van der Waals surface area contributed by atoms with Crippen LogP contribution in [-0.4, -0.2) is 23.2 Å². The summed E-state index contributed by atoms with van der Waals surface area (Å²) in [6.45, 7) is 0. The summed E-state index contributed by atoms with van der Waals surface area (Å²) in [4.78, 5) is 25.4. The monoisotopic (exact) mass is 615 g/mol. The van der Waals surface area contributed by atoms with Crippen molar-refractivity contribution in [2.75, 3.05) is 16.4 Å². The Hall–Kier alpha value is -4.76. The molecule has 0 saturated carbocycles. The molecule has 0 fully saturated rings. The maximum Gasteiger partial charge on any atom is 0.412 e. The number of rotatable bonds is 11. The number of carbonyl (C=O) groups excluding carboxylic acids is 2. The zero-order valence-corrected chi connectivity index (χ0v) is 23.7. The van der Waals surface area contributed by atoms with Crippen molar-refractivity contribution in [1.82, 2.24) is 0 Å². The molecule has 4 aromatic carbocycles. The number of hydrogen-bond donors (Lipinski definition) is 4. The highest BCUT2D eigenvalue weighted by Gasteiger charge is 2.29. The van der Waals surface area contributed by atoms with Crippen LogP contribution in [0.2, 0.25) is 0 Å². The van der Waals surface area contributed by atoms with Crippen molar-refractivity contribution in [2.24, 2.45) is 0 Å². The molecule has 8 nitrogen and oxygen atoms in total. The molecule has 0 unspecified atom stereocenters. The number of ether oxygens (including phenoxy) is 2. The quantitative estimate of drug-likeness (QED) is 0.103. The molecule has 2 amide bonds. The number of nitrogens with two attached hydrogens (primary N) is 1. The smallest absolute Gasteiger partial charge is 0.412 e. The minimum absolute atomic E-state index is 0.0836. The topological polar surface area (TPSA) is 123 Å². The number of aromatic hydroxyl groups is 1. The fourth-order valence-corrected chi connectivity index (χ4v) is 4.26. The van der Waals surface area contributed by atoms with Gasteiger partial charge in [-0.1, -0.05) is 64.5 Å². The second-order valence-corrected chi connectivity index (χ2v) is 9.99. The average molecular weight is 617 g/mol. The predicted molar refractivity (Wildman–Crippen MR) is 164 cm³/mol. The van der Waals surface area contributed by atoms with Crippen LogP contribution in [0.25, 0.3) is 0 Å². The van der Waals surface area contributed by atoms with E-state index in [9.17, 15) is 14.7 Å². The lowest BCUT2D eigenvalue weighted by Gasteiger charge is -2.28. The number of benzene rings is 4. The molecule has 5 N–H and O–H groups in total. The number of allylic oxidation sites excluding steroid dienone is 1. The van der Waals surface area contributed by atoms with E-state index in [2.05, 4.69) is 26.6 Å². The van der Waals surface area contributed by atoms with Crippen molar-refractivity contribution in [1.29, 1.82) is 0 Å². The van der Waals surface area contributed by atoms with Crippen molar-refractivity contribution < 1.29 is 24.2 Å². The summed E-state index contributed by atoms with van der Waals surface area (Å²) >= 11 is 3.38. The maximum atomic E-state index is 13.0. The molecular formula is C32H30BrN3O5. The Balaban J connectivity index is 1.52. The summed E-state index contributed by atoms with van der Waals surface area (Å²) < 4.78 is 13.1. The van der Waals surface area contributed by atoms with E-state index in [0.717, 1.165) is 4.47 Å². The fraction of sp³-hybridized carbons (Fsp3) is 0.125. The van der Waals surface area contributed by atoms with E-state index in [-0.39, 0.29) is 11.7 Å². The van der Waals surface area contributed by atoms with Crippen LogP contribution in [0.1, 0.15) is 24.5 Å². The highest BCUT2D eigenvalue weighted by atomic mass is 79.9. The van der Waals surface area contributed by atoms with Crippen LogP contribution in [0, 0.1) is 0 Å². The van der Waals surface area contributed by atoms with Gasteiger partial charge in [0.2, 0.25) is 5.91 Å². The van der Waals surface area contributed by atoms with E-state index < -0.39 is 18.3 Å². The van der Waals surface area contributed by atoms with Crippen molar-refractivity contribution >= 4 is 45.0 Å². The number of nitrogen functional groups attached to an aromatic ring is 1. The molecule has 0 bridgehead atoms. The van der Waals surface area contributed by atoms with Gasteiger partial charge < -0.3 is 25.6 Å². The third kappa shape index (κ3) is 9.15. The summed E-state index contributed by atoms with van der Waals surface area (Å²) in [5, 5.41) is 15.4. The maximum absolute atomic E-state index is 13.0. The summed E-state index contributed by atoms with van der Waals surface area (Å²) in [6, 6.07) is 29.8. The molecule has 0 aliphatic rings. The lowest BCUT2D eigenvalue weighted by molar-refractivity contribution is -0.111. The van der Waals surface area contributed by atoms with Crippen LogP contribution < -0.4 is 21.1 Å². The van der Waals surface area contributed by atoms with Gasteiger partial charge in [0.25, 0.3) is 0 Å². The van der Waals surface area contributed by atoms with E-state index in [1.54, 1.807) is 54.6 Å². The Kier molecular flexibility index (Phi) is 10.4. The molecule has 0 aliphatic heterocycles. The van der Waals surface area contributed by atoms with Gasteiger partial charge in [0.1, 0.15) is 17.6 Å². The summed E-state index contributed by atoms with van der Waals surface area (Å²) in [7, 11) is 0. The largest absolute Gasteiger partial charge is 0.508 e. The van der Waals surface area contributed by atoms with Crippen molar-refractivity contribution in [3.63, 3.8) is 0 Å². The summed E-state index contributed by atoms with van der Waals surface area (Å²) in [5.74, 6) is 0.364. The van der Waals surface area contributed by atoms with Gasteiger partial charge in [0.05, 0.1) is 11.4 Å². The van der Waals surface area contributed by atoms with Gasteiger partial charge in [0.15, 0.2) is 6.10 Å². The number of phenolic OH excluding ortho intramolecular Hbond substituents is 1. The first-order valence-corrected chi connectivity index (χ1v) is 13.7. The lowest BCUT2D eigenvalue weighted by Crippen LogP contribution is -2.31. The van der Waals surface area contributed by atoms with Gasteiger partial charge in [-0.25, -0.2) is 4.79 Å². The Morgan fingerprint density at radius 2 is 1.56 bits per heavy atom. The third-order valence-electron chi connectivity index (χ3n) is 6.02. The van der Waals surface area contributed by atoms with Gasteiger partial charge >= 0.3 is 6.09 Å². The molecule has 41 heavy (non-hydrogen) atoms. The second-order valence-electron chi connectivity index (χ2n) is 9.07. The number of hydrogen-bond acceptors (Lipinski definition) is 6. The first-order valence-electron chi connectivity index (χ1n) is 12.9. The second kappa shape index (κ2) is 14.6. The molecule has 0 aliphatic carbocycles. The highest BCUT2D eigenvalue weighted by molar-refractivity contribution is 9.10. The molecule has 2 atom stereocenters. The molecule has 0 spiro atoms. The van der Waals surface area contributed by atoms with E-state index >= 15 is 0 Å². The van der Waals surface area contributed by atoms with Crippen LogP contribution in [0.4, 0.5) is 21.9 Å². The molecule has 4 aromatic rings. The van der Waals surface area contributed by atoms with Gasteiger partial charge in [-0.05, 0) is 85.1 Å². The number of para-hydroxylation sites is 3. The third-order valence-corrected chi connectivity index (χ3v) is 6.55. The molecular weight excluding hydrogens is 586 g/mol. The zero-order valence-electron chi connectivity index (χ0n) is 22.1. The Bertz CT molecular complexity index is 1460. The van der Waals surface area contributed by atoms with Crippen LogP contribution in [0.15, 0.2) is 120 Å². The van der Waals surface area contributed by atoms with Gasteiger partial charge in [-0.2, -0.15) is 0 Å². The zero-order chi connectivity index (χ0) is 29.0. The number of phenols is 1. The van der Waals surface area contributed by atoms with E-state index in [1.165, 1.54) is 18.2 Å². The molecule has 0 radical (unpaired) electrons. The van der Waals surface area contributed by atoms with Crippen molar-refractivity contribution in [2.45, 2.75) is 25.0 Å². The minimum atomic E-state index is -0.836. The number of halogens is 1. The Labute approximate surface area is 246 Å². The lowest BCUT2D eigenvalue weighted by atomic mass is 10.00. The molecule has 9 heteroatoms. The number of nitrogens with one attached hydrogen (secondary N) is 2. The Morgan fingerprint density at radius 3 is 2.27 bits per heavy atom. The van der Waals surface area contributed by atoms with Gasteiger partial charge in [0, 0.05) is 10.2 Å². The van der Waals surface area contributed by atoms with Gasteiger partial charge in [-0.3, -0.25) is 10.1 Å². The molecule has 4 rings (SSSR count). The molecule has 0 heterocycles. The van der Waals surface area contributed by atoms with Crippen LogP contribution in [0.3, 0.4) is 0 Å². The highest BCUT2D eigenvalue weighted by Crippen LogP contribution is 2.30. The first-order chi connectivity index (χ1) is 19.9. The van der Waals surface area contributed by atoms with Crippen molar-refractivity contribution in [3.8, 4) is 11.5 Å². The molecule has 210 valence electrons. The standard InChI is InChI=1S/C32H30BrN3O5/c33-23-16-18-24(19-17-23)35-32(39)41-31(22-14-20-25(37)21-15-22)29(40-26-8-2-1-3-9-26)12-6-7-13-30(38)36-28-11-5-4-10-27(28)34/h1-5,7-11,13-21,29,31,37H,6,12,34H2,(H,35,39)(H,36,38)/b13-7+/t29-,31-/m1/s1. The minimum Gasteiger partial charge on any atom is -0.508 e.